The molecule has 0 aliphatic carbocycles. The third-order valence-electron chi connectivity index (χ3n) is 4.37. The highest BCUT2D eigenvalue weighted by atomic mass is 16.3. The molecule has 4 rings (SSSR count). The third kappa shape index (κ3) is 7.33. The van der Waals surface area contributed by atoms with Gasteiger partial charge in [-0.05, 0) is 30.2 Å². The van der Waals surface area contributed by atoms with Gasteiger partial charge in [0.25, 0.3) is 5.91 Å². The second-order valence-corrected chi connectivity index (χ2v) is 6.79. The molecule has 0 saturated carbocycles. The summed E-state index contributed by atoms with van der Waals surface area (Å²) in [5, 5.41) is 3.59. The molecular weight excluding hydrogens is 398 g/mol. The van der Waals surface area contributed by atoms with E-state index in [1.807, 2.05) is 75.4 Å². The number of aryl methyl sites for hydroxylation is 1. The van der Waals surface area contributed by atoms with E-state index < -0.39 is 0 Å². The molecule has 0 unspecified atom stereocenters. The van der Waals surface area contributed by atoms with Crippen LogP contribution in [-0.2, 0) is 13.0 Å². The van der Waals surface area contributed by atoms with Crippen molar-refractivity contribution >= 4 is 22.7 Å². The van der Waals surface area contributed by atoms with Crippen molar-refractivity contribution in [3.8, 4) is 12.3 Å². The van der Waals surface area contributed by atoms with Gasteiger partial charge in [0, 0.05) is 18.4 Å². The number of hydrogen-bond donors (Lipinski definition) is 2. The summed E-state index contributed by atoms with van der Waals surface area (Å²) in [6.45, 7) is 6.48. The molecule has 5 heteroatoms. The molecule has 4 aromatic rings. The van der Waals surface area contributed by atoms with E-state index in [-0.39, 0.29) is 11.7 Å². The zero-order valence-corrected chi connectivity index (χ0v) is 18.8. The third-order valence-corrected chi connectivity index (χ3v) is 4.37. The molecule has 2 aromatic carbocycles. The fourth-order valence-corrected chi connectivity index (χ4v) is 2.76. The number of nitrogens with one attached hydrogen (secondary N) is 1. The maximum absolute atomic E-state index is 12.1. The highest BCUT2D eigenvalue weighted by Gasteiger charge is 2.12. The number of amides is 1. The number of carbonyl (C=O) groups is 1. The smallest absolute Gasteiger partial charge is 0.287 e. The average Bonchev–Trinajstić information content (AvgIpc) is 3.25. The van der Waals surface area contributed by atoms with Crippen LogP contribution in [0.25, 0.3) is 11.0 Å². The Labute approximate surface area is 189 Å². The number of benzene rings is 2. The molecule has 3 N–H and O–H groups in total. The van der Waals surface area contributed by atoms with Crippen LogP contribution in [0.5, 0.6) is 0 Å². The summed E-state index contributed by atoms with van der Waals surface area (Å²) in [6.07, 6.45) is 7.36. The van der Waals surface area contributed by atoms with Gasteiger partial charge in [-0.15, -0.1) is 12.3 Å². The molecule has 1 amide bonds. The number of nitrogen functional groups attached to an aromatic ring is 1. The number of rotatable bonds is 4. The van der Waals surface area contributed by atoms with Gasteiger partial charge in [0.05, 0.1) is 6.20 Å². The van der Waals surface area contributed by atoms with Gasteiger partial charge in [-0.1, -0.05) is 74.0 Å². The number of nitrogens with zero attached hydrogens (tertiary/aromatic N) is 1. The molecule has 0 bridgehead atoms. The van der Waals surface area contributed by atoms with Crippen LogP contribution >= 0.6 is 0 Å². The zero-order valence-electron chi connectivity index (χ0n) is 18.8. The fourth-order valence-electron chi connectivity index (χ4n) is 2.76. The number of nitrogens with two attached hydrogens (primary N) is 1. The van der Waals surface area contributed by atoms with Gasteiger partial charge in [-0.3, -0.25) is 4.79 Å². The van der Waals surface area contributed by atoms with E-state index in [1.54, 1.807) is 12.1 Å². The molecule has 164 valence electrons. The number of terminal acetylenes is 1. The number of furan rings is 1. The summed E-state index contributed by atoms with van der Waals surface area (Å²) in [6, 6.07) is 21.4. The number of hydrogen-bond acceptors (Lipinski definition) is 4. The first-order valence-corrected chi connectivity index (χ1v) is 10.5. The molecule has 2 heterocycles. The lowest BCUT2D eigenvalue weighted by Gasteiger charge is -2.03. The minimum atomic E-state index is -0.259. The van der Waals surface area contributed by atoms with Crippen molar-refractivity contribution in [2.45, 2.75) is 33.7 Å². The molecule has 2 aromatic heterocycles. The van der Waals surface area contributed by atoms with Gasteiger partial charge in [0.2, 0.25) is 0 Å². The first-order valence-electron chi connectivity index (χ1n) is 10.5. The van der Waals surface area contributed by atoms with Crippen molar-refractivity contribution in [2.24, 2.45) is 0 Å². The molecule has 32 heavy (non-hydrogen) atoms. The Bertz CT molecular complexity index is 1160. The van der Waals surface area contributed by atoms with Crippen LogP contribution in [0, 0.1) is 19.3 Å². The molecule has 5 nitrogen and oxygen atoms in total. The SMILES string of the molecule is C#CCc1ccccc1.CC.Cc1ccc(CNC(=O)c2cc3cc(N)ncc3o2)cc1. The van der Waals surface area contributed by atoms with Crippen molar-refractivity contribution in [3.63, 3.8) is 0 Å². The summed E-state index contributed by atoms with van der Waals surface area (Å²) < 4.78 is 5.46. The molecule has 0 aliphatic rings. The number of fused-ring (bicyclic) bond motifs is 1. The van der Waals surface area contributed by atoms with E-state index in [0.717, 1.165) is 17.4 Å². The molecule has 0 aliphatic heterocycles. The summed E-state index contributed by atoms with van der Waals surface area (Å²) in [4.78, 5) is 16.0. The lowest BCUT2D eigenvalue weighted by Crippen LogP contribution is -2.22. The zero-order chi connectivity index (χ0) is 23.3. The molecule has 0 atom stereocenters. The predicted octanol–water partition coefficient (Wildman–Crippen LogP) is 5.54. The Morgan fingerprint density at radius 3 is 2.41 bits per heavy atom. The summed E-state index contributed by atoms with van der Waals surface area (Å²) >= 11 is 0. The summed E-state index contributed by atoms with van der Waals surface area (Å²) in [5.41, 5.74) is 9.58. The second-order valence-electron chi connectivity index (χ2n) is 6.79. The minimum absolute atomic E-state index is 0.254. The van der Waals surface area contributed by atoms with E-state index in [0.29, 0.717) is 17.9 Å². The van der Waals surface area contributed by atoms with Crippen molar-refractivity contribution in [3.05, 3.63) is 95.4 Å². The van der Waals surface area contributed by atoms with E-state index >= 15 is 0 Å². The van der Waals surface area contributed by atoms with Gasteiger partial charge in [-0.2, -0.15) is 0 Å². The number of carbonyl (C=O) groups excluding carboxylic acids is 1. The maximum Gasteiger partial charge on any atom is 0.287 e. The maximum atomic E-state index is 12.1. The van der Waals surface area contributed by atoms with Crippen LogP contribution in [0.15, 0.2) is 77.3 Å². The van der Waals surface area contributed by atoms with Gasteiger partial charge < -0.3 is 15.5 Å². The van der Waals surface area contributed by atoms with Crippen LogP contribution in [0.4, 0.5) is 5.82 Å². The van der Waals surface area contributed by atoms with Crippen molar-refractivity contribution in [1.82, 2.24) is 10.3 Å². The Kier molecular flexibility index (Phi) is 9.55. The van der Waals surface area contributed by atoms with Crippen LogP contribution in [-0.4, -0.2) is 10.9 Å². The van der Waals surface area contributed by atoms with E-state index in [9.17, 15) is 4.79 Å². The quantitative estimate of drug-likeness (QED) is 0.419. The fraction of sp³-hybridized carbons (Fsp3) is 0.185. The Morgan fingerprint density at radius 2 is 1.75 bits per heavy atom. The average molecular weight is 428 g/mol. The second kappa shape index (κ2) is 12.6. The van der Waals surface area contributed by atoms with Crippen LogP contribution in [0.2, 0.25) is 0 Å². The van der Waals surface area contributed by atoms with E-state index in [1.165, 1.54) is 17.3 Å². The highest BCUT2D eigenvalue weighted by Crippen LogP contribution is 2.20. The van der Waals surface area contributed by atoms with Crippen LogP contribution in [0.1, 0.15) is 41.1 Å². The monoisotopic (exact) mass is 427 g/mol. The van der Waals surface area contributed by atoms with Crippen molar-refractivity contribution < 1.29 is 9.21 Å². The van der Waals surface area contributed by atoms with Gasteiger partial charge >= 0.3 is 0 Å². The molecule has 0 fully saturated rings. The molecule has 0 saturated heterocycles. The van der Waals surface area contributed by atoms with Crippen LogP contribution < -0.4 is 11.1 Å². The Balaban J connectivity index is 0.000000277. The number of aromatic nitrogens is 1. The number of pyridine rings is 1. The largest absolute Gasteiger partial charge is 0.449 e. The minimum Gasteiger partial charge on any atom is -0.449 e. The molecule has 0 spiro atoms. The topological polar surface area (TPSA) is 81.2 Å². The summed E-state index contributed by atoms with van der Waals surface area (Å²) in [7, 11) is 0. The number of anilines is 1. The Morgan fingerprint density at radius 1 is 1.06 bits per heavy atom. The van der Waals surface area contributed by atoms with Gasteiger partial charge in [-0.25, -0.2) is 4.98 Å². The predicted molar refractivity (Wildman–Crippen MR) is 131 cm³/mol. The first-order chi connectivity index (χ1) is 15.5. The Hall–Kier alpha value is -4.04. The normalized spacial score (nSPS) is 9.56. The van der Waals surface area contributed by atoms with Gasteiger partial charge in [0.15, 0.2) is 11.3 Å². The van der Waals surface area contributed by atoms with Gasteiger partial charge in [0.1, 0.15) is 5.82 Å². The molecular formula is C27H29N3O2. The standard InChI is InChI=1S/C16H15N3O2.C9H8.C2H6/c1-10-2-4-11(5-3-10)8-19-16(20)13-6-12-7-15(17)18-9-14(12)21-13;1-2-6-9-7-4-3-5-8-9;1-2/h2-7,9H,8H2,1H3,(H2,17,18)(H,19,20);1,3-5,7-8H,6H2;1-2H3. The lowest BCUT2D eigenvalue weighted by molar-refractivity contribution is 0.0925. The highest BCUT2D eigenvalue weighted by molar-refractivity contribution is 5.96. The van der Waals surface area contributed by atoms with Crippen molar-refractivity contribution in [2.75, 3.05) is 5.73 Å². The summed E-state index contributed by atoms with van der Waals surface area (Å²) in [5.74, 6) is 2.98. The van der Waals surface area contributed by atoms with E-state index in [4.69, 9.17) is 16.6 Å². The van der Waals surface area contributed by atoms with Crippen molar-refractivity contribution in [1.29, 1.82) is 0 Å². The van der Waals surface area contributed by atoms with E-state index in [2.05, 4.69) is 16.2 Å². The first kappa shape index (κ1) is 24.2. The lowest BCUT2D eigenvalue weighted by atomic mass is 10.1. The molecule has 0 radical (unpaired) electrons. The van der Waals surface area contributed by atoms with Crippen LogP contribution in [0.3, 0.4) is 0 Å².